The van der Waals surface area contributed by atoms with Gasteiger partial charge in [0.25, 0.3) is 5.56 Å². The summed E-state index contributed by atoms with van der Waals surface area (Å²) in [7, 11) is 0. The lowest BCUT2D eigenvalue weighted by molar-refractivity contribution is -0.165. The van der Waals surface area contributed by atoms with Gasteiger partial charge in [0, 0.05) is 44.4 Å². The zero-order valence-electron chi connectivity index (χ0n) is 36.0. The Morgan fingerprint density at radius 3 is 2.00 bits per heavy atom. The molecule has 0 saturated carbocycles. The summed E-state index contributed by atoms with van der Waals surface area (Å²) in [5, 5.41) is 32.7. The molecular formula is C46H48F5N5O10. The molecule has 0 radical (unpaired) electrons. The second-order valence-corrected chi connectivity index (χ2v) is 15.9. The maximum Gasteiger partial charge on any atom is 0.416 e. The van der Waals surface area contributed by atoms with Crippen LogP contribution in [0, 0.1) is 11.6 Å². The number of aliphatic hydroxyl groups is 2. The van der Waals surface area contributed by atoms with Crippen molar-refractivity contribution in [3.05, 3.63) is 130 Å². The van der Waals surface area contributed by atoms with E-state index in [1.54, 1.807) is 40.7 Å². The second-order valence-electron chi connectivity index (χ2n) is 15.9. The van der Waals surface area contributed by atoms with Gasteiger partial charge in [-0.1, -0.05) is 42.5 Å². The number of aliphatic hydroxyl groups excluding tert-OH is 2. The molecule has 5 aromatic rings. The fraction of sp³-hybridized carbons (Fsp3) is 0.370. The number of nitrogens with zero attached hydrogens (tertiary/aromatic N) is 5. The van der Waals surface area contributed by atoms with E-state index >= 15 is 0 Å². The van der Waals surface area contributed by atoms with Crippen LogP contribution in [0.3, 0.4) is 0 Å². The number of hydrogen-bond acceptors (Lipinski definition) is 11. The van der Waals surface area contributed by atoms with E-state index < -0.39 is 58.6 Å². The standard InChI is InChI=1S/C42H42F5N5O4.C4H6O6/c1-4-56-40(55)41(2,3)50-22-19-33(20-23-50)51(25-27-7-9-28(10-8-27)29-11-15-31(16-12-29)42(45,46)47)37(53)26-52-36(18-14-30-13-17-32(43)24-35(30)44)49-39(54)34-6-5-21-48-38(34)52;5-1(3(7)8)2(6)4(9)10/h5-13,15-17,21,24,33H,4,14,18-20,22-23,25-26H2,1-3H3;1-2,5-6H,(H,7,8)(H,9,10). The molecule has 1 saturated heterocycles. The third-order valence-electron chi connectivity index (χ3n) is 11.2. The van der Waals surface area contributed by atoms with Crippen LogP contribution in [0.4, 0.5) is 22.0 Å². The van der Waals surface area contributed by atoms with Gasteiger partial charge in [0.1, 0.15) is 35.2 Å². The summed E-state index contributed by atoms with van der Waals surface area (Å²) in [5.74, 6) is -5.41. The van der Waals surface area contributed by atoms with E-state index in [9.17, 15) is 45.9 Å². The first kappa shape index (κ1) is 50.4. The number of carbonyl (C=O) groups is 4. The van der Waals surface area contributed by atoms with Crippen LogP contribution in [0.2, 0.25) is 0 Å². The molecule has 2 aromatic heterocycles. The van der Waals surface area contributed by atoms with E-state index in [4.69, 9.17) is 25.2 Å². The van der Waals surface area contributed by atoms with Crippen molar-refractivity contribution in [1.29, 1.82) is 0 Å². The summed E-state index contributed by atoms with van der Waals surface area (Å²) in [5.41, 5.74) is 0.372. The minimum absolute atomic E-state index is 0.0599. The monoisotopic (exact) mass is 925 g/mol. The fourth-order valence-corrected chi connectivity index (χ4v) is 7.41. The molecule has 0 bridgehead atoms. The number of carboxylic acid groups (broad SMARTS) is 2. The van der Waals surface area contributed by atoms with Crippen molar-refractivity contribution >= 4 is 34.8 Å². The number of aryl methyl sites for hydroxylation is 2. The van der Waals surface area contributed by atoms with Crippen molar-refractivity contribution in [3.63, 3.8) is 0 Å². The number of carbonyl (C=O) groups excluding carboxylic acids is 2. The average molecular weight is 926 g/mol. The van der Waals surface area contributed by atoms with Crippen molar-refractivity contribution in [2.24, 2.45) is 0 Å². The number of aromatic nitrogens is 3. The second kappa shape index (κ2) is 21.6. The average Bonchev–Trinajstić information content (AvgIpc) is 3.28. The Hall–Kier alpha value is -6.64. The first-order valence-electron chi connectivity index (χ1n) is 20.7. The lowest BCUT2D eigenvalue weighted by Gasteiger charge is -2.44. The van der Waals surface area contributed by atoms with Crippen LogP contribution in [0.15, 0.2) is 89.9 Å². The van der Waals surface area contributed by atoms with Gasteiger partial charge in [0.05, 0.1) is 17.6 Å². The van der Waals surface area contributed by atoms with Crippen LogP contribution < -0.4 is 5.56 Å². The Morgan fingerprint density at radius 2 is 1.45 bits per heavy atom. The lowest BCUT2D eigenvalue weighted by Crippen LogP contribution is -2.56. The van der Waals surface area contributed by atoms with Crippen LogP contribution in [0.1, 0.15) is 56.1 Å². The SMILES string of the molecule is CCOC(=O)C(C)(C)N1CCC(N(Cc2ccc(-c3ccc(C(F)(F)F)cc3)cc2)C(=O)Cn2c(CCc3ccc(F)cc3F)nc(=O)c3cccnc32)CC1.O=C(O)C(O)C(O)C(=O)O. The molecule has 1 fully saturated rings. The van der Waals surface area contributed by atoms with Gasteiger partial charge in [-0.2, -0.15) is 18.2 Å². The van der Waals surface area contributed by atoms with Gasteiger partial charge in [-0.05, 0) is 92.6 Å². The first-order chi connectivity index (χ1) is 31.1. The van der Waals surface area contributed by atoms with E-state index in [2.05, 4.69) is 9.97 Å². The number of pyridine rings is 1. The highest BCUT2D eigenvalue weighted by Gasteiger charge is 2.40. The zero-order chi connectivity index (χ0) is 48.5. The first-order valence-corrected chi connectivity index (χ1v) is 20.7. The number of alkyl halides is 3. The molecule has 0 spiro atoms. The van der Waals surface area contributed by atoms with E-state index in [0.29, 0.717) is 37.1 Å². The maximum atomic E-state index is 14.6. The summed E-state index contributed by atoms with van der Waals surface area (Å²) in [6, 6.07) is 18.3. The smallest absolute Gasteiger partial charge is 0.416 e. The van der Waals surface area contributed by atoms with Crippen molar-refractivity contribution < 1.29 is 66.3 Å². The van der Waals surface area contributed by atoms with Gasteiger partial charge in [-0.3, -0.25) is 19.3 Å². The highest BCUT2D eigenvalue weighted by molar-refractivity contribution is 5.83. The molecule has 352 valence electrons. The Balaban J connectivity index is 0.000000730. The number of benzene rings is 3. The number of halogens is 5. The highest BCUT2D eigenvalue weighted by Crippen LogP contribution is 2.32. The minimum atomic E-state index is -4.45. The molecule has 2 unspecified atom stereocenters. The van der Waals surface area contributed by atoms with Crippen molar-refractivity contribution in [2.45, 2.75) is 89.5 Å². The van der Waals surface area contributed by atoms with E-state index in [0.717, 1.165) is 29.8 Å². The molecule has 15 nitrogen and oxygen atoms in total. The third kappa shape index (κ3) is 12.4. The molecule has 20 heteroatoms. The van der Waals surface area contributed by atoms with E-state index in [-0.39, 0.29) is 72.9 Å². The van der Waals surface area contributed by atoms with Gasteiger partial charge in [-0.15, -0.1) is 0 Å². The molecule has 1 aliphatic heterocycles. The molecule has 2 atom stereocenters. The molecule has 3 aromatic carbocycles. The zero-order valence-corrected chi connectivity index (χ0v) is 36.0. The van der Waals surface area contributed by atoms with E-state index in [1.807, 2.05) is 30.9 Å². The molecule has 1 amide bonds. The topological polar surface area (TPSA) is 213 Å². The number of likely N-dealkylation sites (tertiary alicyclic amines) is 1. The number of fused-ring (bicyclic) bond motifs is 1. The molecule has 6 rings (SSSR count). The van der Waals surface area contributed by atoms with Gasteiger partial charge >= 0.3 is 24.1 Å². The predicted octanol–water partition coefficient (Wildman–Crippen LogP) is 5.25. The Morgan fingerprint density at radius 1 is 0.864 bits per heavy atom. The summed E-state index contributed by atoms with van der Waals surface area (Å²) < 4.78 is 74.6. The fourth-order valence-electron chi connectivity index (χ4n) is 7.41. The van der Waals surface area contributed by atoms with Crippen LogP contribution in [-0.4, -0.2) is 112 Å². The number of aliphatic carboxylic acids is 2. The number of piperidine rings is 1. The molecule has 3 heterocycles. The Labute approximate surface area is 374 Å². The normalized spacial score (nSPS) is 14.5. The largest absolute Gasteiger partial charge is 0.479 e. The van der Waals surface area contributed by atoms with Gasteiger partial charge in [0.2, 0.25) is 5.91 Å². The number of hydrogen-bond donors (Lipinski definition) is 4. The van der Waals surface area contributed by atoms with Crippen LogP contribution in [-0.2, 0) is 56.0 Å². The van der Waals surface area contributed by atoms with Gasteiger partial charge in [0.15, 0.2) is 12.2 Å². The number of amides is 1. The summed E-state index contributed by atoms with van der Waals surface area (Å²) in [6.07, 6.45) is -6.26. The van der Waals surface area contributed by atoms with Crippen molar-refractivity contribution in [2.75, 3.05) is 19.7 Å². The number of esters is 1. The van der Waals surface area contributed by atoms with Gasteiger partial charge < -0.3 is 34.6 Å². The minimum Gasteiger partial charge on any atom is -0.479 e. The lowest BCUT2D eigenvalue weighted by atomic mass is 9.95. The number of carboxylic acids is 2. The molecule has 1 aliphatic rings. The molecular weight excluding hydrogens is 878 g/mol. The molecule has 66 heavy (non-hydrogen) atoms. The van der Waals surface area contributed by atoms with Gasteiger partial charge in [-0.25, -0.2) is 23.4 Å². The Kier molecular flexibility index (Phi) is 16.5. The molecule has 0 aliphatic carbocycles. The number of ether oxygens (including phenoxy) is 1. The molecule has 4 N–H and O–H groups in total. The number of rotatable bonds is 15. The summed E-state index contributed by atoms with van der Waals surface area (Å²) >= 11 is 0. The van der Waals surface area contributed by atoms with Crippen LogP contribution in [0.5, 0.6) is 0 Å². The van der Waals surface area contributed by atoms with Crippen LogP contribution >= 0.6 is 0 Å². The quantitative estimate of drug-likeness (QED) is 0.0782. The highest BCUT2D eigenvalue weighted by atomic mass is 19.4. The van der Waals surface area contributed by atoms with Crippen molar-refractivity contribution in [1.82, 2.24) is 24.3 Å². The van der Waals surface area contributed by atoms with Crippen molar-refractivity contribution in [3.8, 4) is 11.1 Å². The van der Waals surface area contributed by atoms with Crippen LogP contribution in [0.25, 0.3) is 22.2 Å². The predicted molar refractivity (Wildman–Crippen MR) is 228 cm³/mol. The van der Waals surface area contributed by atoms with E-state index in [1.165, 1.54) is 24.4 Å². The third-order valence-corrected chi connectivity index (χ3v) is 11.2. The summed E-state index contributed by atoms with van der Waals surface area (Å²) in [6.45, 7) is 6.58. The maximum absolute atomic E-state index is 14.6. The summed E-state index contributed by atoms with van der Waals surface area (Å²) in [4.78, 5) is 72.6. The Bertz CT molecular complexity index is 2560.